The van der Waals surface area contributed by atoms with E-state index in [0.717, 1.165) is 5.56 Å². The van der Waals surface area contributed by atoms with Crippen LogP contribution >= 0.6 is 11.6 Å². The number of likely N-dealkylation sites (tertiary alicyclic amines) is 1. The molecule has 0 bridgehead atoms. The molecule has 0 spiro atoms. The summed E-state index contributed by atoms with van der Waals surface area (Å²) in [6.45, 7) is 0.168. The molecule has 2 unspecified atom stereocenters. The quantitative estimate of drug-likeness (QED) is 0.797. The molecule has 2 atom stereocenters. The molecule has 0 N–H and O–H groups in total. The standard InChI is InChI=1S/C17H18ClN3O3/c1-20-9-13(8-19-20)17(23)24-10-12-7-15(22)21(2)16(12)11-4-3-5-14(18)6-11/h3-6,8-9,12,16H,7,10H2,1-2H3. The molecule has 1 aliphatic heterocycles. The lowest BCUT2D eigenvalue weighted by Crippen LogP contribution is -2.26. The third-order valence-corrected chi connectivity index (χ3v) is 4.49. The van der Waals surface area contributed by atoms with E-state index < -0.39 is 5.97 Å². The average molecular weight is 348 g/mol. The number of ether oxygens (including phenoxy) is 1. The van der Waals surface area contributed by atoms with E-state index in [1.165, 1.54) is 10.9 Å². The maximum Gasteiger partial charge on any atom is 0.341 e. The zero-order valence-electron chi connectivity index (χ0n) is 13.5. The van der Waals surface area contributed by atoms with Crippen LogP contribution in [0.1, 0.15) is 28.4 Å². The Hall–Kier alpha value is -2.34. The molecular formula is C17H18ClN3O3. The number of carbonyl (C=O) groups excluding carboxylic acids is 2. The SMILES string of the molecule is CN1C(=O)CC(COC(=O)c2cnn(C)c2)C1c1cccc(Cl)c1. The van der Waals surface area contributed by atoms with E-state index in [-0.39, 0.29) is 24.5 Å². The molecule has 2 heterocycles. The second kappa shape index (κ2) is 6.65. The van der Waals surface area contributed by atoms with Crippen LogP contribution in [0, 0.1) is 5.92 Å². The molecule has 1 aromatic carbocycles. The van der Waals surface area contributed by atoms with Gasteiger partial charge in [-0.3, -0.25) is 9.48 Å². The minimum atomic E-state index is -0.435. The van der Waals surface area contributed by atoms with E-state index in [0.29, 0.717) is 17.0 Å². The Labute approximate surface area is 145 Å². The number of halogens is 1. The van der Waals surface area contributed by atoms with Crippen LogP contribution in [0.25, 0.3) is 0 Å². The van der Waals surface area contributed by atoms with E-state index in [1.807, 2.05) is 18.2 Å². The molecule has 126 valence electrons. The smallest absolute Gasteiger partial charge is 0.341 e. The molecule has 3 rings (SSSR count). The lowest BCUT2D eigenvalue weighted by molar-refractivity contribution is -0.127. The van der Waals surface area contributed by atoms with Gasteiger partial charge in [0.25, 0.3) is 0 Å². The van der Waals surface area contributed by atoms with Gasteiger partial charge < -0.3 is 9.64 Å². The van der Waals surface area contributed by atoms with Crippen molar-refractivity contribution in [3.8, 4) is 0 Å². The van der Waals surface area contributed by atoms with Gasteiger partial charge in [0, 0.05) is 37.7 Å². The fourth-order valence-electron chi connectivity index (χ4n) is 3.08. The van der Waals surface area contributed by atoms with E-state index in [9.17, 15) is 9.59 Å². The highest BCUT2D eigenvalue weighted by atomic mass is 35.5. The first kappa shape index (κ1) is 16.5. The van der Waals surface area contributed by atoms with Crippen molar-refractivity contribution in [3.63, 3.8) is 0 Å². The first-order chi connectivity index (χ1) is 11.5. The Balaban J connectivity index is 1.73. The highest BCUT2D eigenvalue weighted by Crippen LogP contribution is 2.37. The number of carbonyl (C=O) groups is 2. The van der Waals surface area contributed by atoms with Crippen molar-refractivity contribution in [2.45, 2.75) is 12.5 Å². The van der Waals surface area contributed by atoms with Gasteiger partial charge >= 0.3 is 5.97 Å². The van der Waals surface area contributed by atoms with E-state index >= 15 is 0 Å². The Morgan fingerprint density at radius 2 is 2.21 bits per heavy atom. The Bertz CT molecular complexity index is 774. The summed E-state index contributed by atoms with van der Waals surface area (Å²) in [4.78, 5) is 25.9. The number of aryl methyl sites for hydroxylation is 1. The van der Waals surface area contributed by atoms with Crippen LogP contribution in [0.15, 0.2) is 36.7 Å². The lowest BCUT2D eigenvalue weighted by atomic mass is 9.94. The van der Waals surface area contributed by atoms with Gasteiger partial charge in [-0.1, -0.05) is 23.7 Å². The van der Waals surface area contributed by atoms with Crippen molar-refractivity contribution in [1.82, 2.24) is 14.7 Å². The predicted molar refractivity (Wildman–Crippen MR) is 88.6 cm³/mol. The monoisotopic (exact) mass is 347 g/mol. The van der Waals surface area contributed by atoms with Crippen molar-refractivity contribution < 1.29 is 14.3 Å². The highest BCUT2D eigenvalue weighted by molar-refractivity contribution is 6.30. The molecular weight excluding hydrogens is 330 g/mol. The zero-order chi connectivity index (χ0) is 17.3. The molecule has 1 aromatic heterocycles. The van der Waals surface area contributed by atoms with Crippen LogP contribution in [0.4, 0.5) is 0 Å². The molecule has 7 heteroatoms. The minimum absolute atomic E-state index is 0.0300. The molecule has 0 saturated carbocycles. The Morgan fingerprint density at radius 1 is 1.42 bits per heavy atom. The van der Waals surface area contributed by atoms with Crippen LogP contribution in [-0.4, -0.2) is 40.2 Å². The van der Waals surface area contributed by atoms with Crippen LogP contribution in [-0.2, 0) is 16.6 Å². The van der Waals surface area contributed by atoms with Gasteiger partial charge in [-0.05, 0) is 17.7 Å². The predicted octanol–water partition coefficient (Wildman–Crippen LogP) is 2.45. The number of hydrogen-bond donors (Lipinski definition) is 0. The molecule has 1 amide bonds. The van der Waals surface area contributed by atoms with Gasteiger partial charge in [-0.2, -0.15) is 5.10 Å². The molecule has 0 aliphatic carbocycles. The van der Waals surface area contributed by atoms with Gasteiger partial charge in [-0.15, -0.1) is 0 Å². The maximum absolute atomic E-state index is 12.1. The van der Waals surface area contributed by atoms with Crippen molar-refractivity contribution >= 4 is 23.5 Å². The summed E-state index contributed by atoms with van der Waals surface area (Å²) in [7, 11) is 3.49. The number of nitrogens with zero attached hydrogens (tertiary/aromatic N) is 3. The van der Waals surface area contributed by atoms with Crippen molar-refractivity contribution in [2.75, 3.05) is 13.7 Å². The van der Waals surface area contributed by atoms with Crippen molar-refractivity contribution in [3.05, 3.63) is 52.8 Å². The summed E-state index contributed by atoms with van der Waals surface area (Å²) in [5.41, 5.74) is 1.34. The van der Waals surface area contributed by atoms with E-state index in [2.05, 4.69) is 5.10 Å². The molecule has 0 radical (unpaired) electrons. The van der Waals surface area contributed by atoms with Crippen molar-refractivity contribution in [1.29, 1.82) is 0 Å². The van der Waals surface area contributed by atoms with E-state index in [4.69, 9.17) is 16.3 Å². The number of benzene rings is 1. The second-order valence-electron chi connectivity index (χ2n) is 5.97. The number of amides is 1. The molecule has 24 heavy (non-hydrogen) atoms. The zero-order valence-corrected chi connectivity index (χ0v) is 14.2. The van der Waals surface area contributed by atoms with Gasteiger partial charge in [-0.25, -0.2) is 4.79 Å². The summed E-state index contributed by atoms with van der Waals surface area (Å²) in [6, 6.07) is 7.27. The molecule has 1 aliphatic rings. The number of rotatable bonds is 4. The highest BCUT2D eigenvalue weighted by Gasteiger charge is 2.39. The number of hydrogen-bond acceptors (Lipinski definition) is 4. The fourth-order valence-corrected chi connectivity index (χ4v) is 3.28. The van der Waals surface area contributed by atoms with Crippen LogP contribution < -0.4 is 0 Å². The van der Waals surface area contributed by atoms with E-state index in [1.54, 1.807) is 31.3 Å². The van der Waals surface area contributed by atoms with Gasteiger partial charge in [0.15, 0.2) is 0 Å². The Morgan fingerprint density at radius 3 is 2.88 bits per heavy atom. The second-order valence-corrected chi connectivity index (χ2v) is 6.41. The lowest BCUT2D eigenvalue weighted by Gasteiger charge is -2.25. The largest absolute Gasteiger partial charge is 0.462 e. The molecule has 2 aromatic rings. The molecule has 6 nitrogen and oxygen atoms in total. The minimum Gasteiger partial charge on any atom is -0.462 e. The summed E-state index contributed by atoms with van der Waals surface area (Å²) < 4.78 is 6.94. The summed E-state index contributed by atoms with van der Waals surface area (Å²) >= 11 is 6.07. The third kappa shape index (κ3) is 3.28. The normalized spacial score (nSPS) is 20.5. The third-order valence-electron chi connectivity index (χ3n) is 4.25. The first-order valence-electron chi connectivity index (χ1n) is 7.62. The van der Waals surface area contributed by atoms with Gasteiger partial charge in [0.1, 0.15) is 0 Å². The maximum atomic E-state index is 12.1. The fraction of sp³-hybridized carbons (Fsp3) is 0.353. The van der Waals surface area contributed by atoms with Crippen LogP contribution in [0.5, 0.6) is 0 Å². The topological polar surface area (TPSA) is 64.4 Å². The average Bonchev–Trinajstić information content (AvgIpc) is 3.09. The Kier molecular flexibility index (Phi) is 4.57. The van der Waals surface area contributed by atoms with Crippen molar-refractivity contribution in [2.24, 2.45) is 13.0 Å². The number of aromatic nitrogens is 2. The summed E-state index contributed by atoms with van der Waals surface area (Å²) in [5, 5.41) is 4.57. The summed E-state index contributed by atoms with van der Waals surface area (Å²) in [5.74, 6) is -0.515. The first-order valence-corrected chi connectivity index (χ1v) is 8.00. The van der Waals surface area contributed by atoms with Gasteiger partial charge in [0.05, 0.1) is 24.4 Å². The number of esters is 1. The van der Waals surface area contributed by atoms with Gasteiger partial charge in [0.2, 0.25) is 5.91 Å². The summed E-state index contributed by atoms with van der Waals surface area (Å²) in [6.07, 6.45) is 3.40. The molecule has 1 saturated heterocycles. The van der Waals surface area contributed by atoms with Crippen LogP contribution in [0.2, 0.25) is 5.02 Å². The molecule has 1 fully saturated rings. The van der Waals surface area contributed by atoms with Crippen LogP contribution in [0.3, 0.4) is 0 Å².